The molecule has 1 aromatic rings. The van der Waals surface area contributed by atoms with Crippen molar-refractivity contribution in [3.05, 3.63) is 11.8 Å². The predicted molar refractivity (Wildman–Crippen MR) is 53.5 cm³/mol. The number of aromatic nitrogens is 2. The summed E-state index contributed by atoms with van der Waals surface area (Å²) >= 11 is 0. The van der Waals surface area contributed by atoms with Crippen LogP contribution in [0.3, 0.4) is 0 Å². The number of anilines is 1. The second-order valence-electron chi connectivity index (χ2n) is 2.86. The summed E-state index contributed by atoms with van der Waals surface area (Å²) in [5.74, 6) is 1.10. The average Bonchev–Trinajstić information content (AvgIpc) is 2.21. The summed E-state index contributed by atoms with van der Waals surface area (Å²) < 4.78 is 5.37. The summed E-state index contributed by atoms with van der Waals surface area (Å²) in [5, 5.41) is 11.4. The molecular formula is C9H15N3O2. The molecule has 0 amide bonds. The Labute approximate surface area is 83.2 Å². The Hall–Kier alpha value is -1.36. The molecule has 0 unspecified atom stereocenters. The Morgan fingerprint density at radius 2 is 2.36 bits per heavy atom. The molecule has 1 aromatic heterocycles. The highest BCUT2D eigenvalue weighted by molar-refractivity contribution is 5.31. The summed E-state index contributed by atoms with van der Waals surface area (Å²) in [6.45, 7) is 2.48. The maximum Gasteiger partial charge on any atom is 0.225 e. The van der Waals surface area contributed by atoms with E-state index in [1.54, 1.807) is 13.2 Å². The highest BCUT2D eigenvalue weighted by Crippen LogP contribution is 2.14. The number of aliphatic hydroxyl groups is 1. The molecule has 14 heavy (non-hydrogen) atoms. The minimum absolute atomic E-state index is 0.128. The number of nitrogens with zero attached hydrogens (tertiary/aromatic N) is 2. The largest absolute Gasteiger partial charge is 0.477 e. The highest BCUT2D eigenvalue weighted by Gasteiger charge is 2.03. The van der Waals surface area contributed by atoms with Crippen molar-refractivity contribution in [3.63, 3.8) is 0 Å². The van der Waals surface area contributed by atoms with Crippen molar-refractivity contribution in [2.45, 2.75) is 13.3 Å². The van der Waals surface area contributed by atoms with Gasteiger partial charge in [-0.2, -0.15) is 4.98 Å². The molecule has 0 fully saturated rings. The normalized spacial score (nSPS) is 9.93. The molecule has 0 radical (unpaired) electrons. The van der Waals surface area contributed by atoms with Gasteiger partial charge in [0.05, 0.1) is 6.61 Å². The summed E-state index contributed by atoms with van der Waals surface area (Å²) in [6.07, 6.45) is 2.31. The lowest BCUT2D eigenvalue weighted by atomic mass is 10.4. The van der Waals surface area contributed by atoms with Crippen molar-refractivity contribution in [2.24, 2.45) is 0 Å². The molecule has 78 valence electrons. The smallest absolute Gasteiger partial charge is 0.225 e. The molecule has 0 aliphatic carbocycles. The molecule has 0 saturated heterocycles. The first-order valence-corrected chi connectivity index (χ1v) is 4.53. The van der Waals surface area contributed by atoms with Gasteiger partial charge in [-0.1, -0.05) is 0 Å². The van der Waals surface area contributed by atoms with Gasteiger partial charge in [-0.25, -0.2) is 4.98 Å². The van der Waals surface area contributed by atoms with Crippen LogP contribution >= 0.6 is 0 Å². The molecule has 0 spiro atoms. The van der Waals surface area contributed by atoms with Crippen LogP contribution in [0.15, 0.2) is 6.20 Å². The van der Waals surface area contributed by atoms with Gasteiger partial charge in [0.25, 0.3) is 0 Å². The van der Waals surface area contributed by atoms with Crippen LogP contribution in [0.2, 0.25) is 0 Å². The van der Waals surface area contributed by atoms with Crippen LogP contribution in [0.4, 0.5) is 5.95 Å². The van der Waals surface area contributed by atoms with E-state index in [1.807, 2.05) is 6.92 Å². The lowest BCUT2D eigenvalue weighted by molar-refractivity contribution is 0.228. The van der Waals surface area contributed by atoms with E-state index in [2.05, 4.69) is 15.3 Å². The molecule has 1 rings (SSSR count). The van der Waals surface area contributed by atoms with Crippen LogP contribution in [0, 0.1) is 6.92 Å². The van der Waals surface area contributed by atoms with Gasteiger partial charge < -0.3 is 15.2 Å². The number of nitrogens with one attached hydrogen (secondary N) is 1. The van der Waals surface area contributed by atoms with Crippen LogP contribution in [0.1, 0.15) is 12.0 Å². The van der Waals surface area contributed by atoms with Gasteiger partial charge in [0.1, 0.15) is 0 Å². The van der Waals surface area contributed by atoms with Crippen molar-refractivity contribution < 1.29 is 9.84 Å². The number of hydrogen-bond donors (Lipinski definition) is 2. The van der Waals surface area contributed by atoms with Gasteiger partial charge in [0.2, 0.25) is 11.8 Å². The molecule has 0 atom stereocenters. The maximum absolute atomic E-state index is 8.59. The topological polar surface area (TPSA) is 67.3 Å². The van der Waals surface area contributed by atoms with Crippen molar-refractivity contribution >= 4 is 5.95 Å². The fraction of sp³-hybridized carbons (Fsp3) is 0.556. The zero-order valence-corrected chi connectivity index (χ0v) is 8.45. The standard InChI is InChI=1S/C9H15N3O2/c1-7-6-11-9(10-2)12-8(7)14-5-3-4-13/h6,13H,3-5H2,1-2H3,(H,10,11,12). The Morgan fingerprint density at radius 3 is 3.00 bits per heavy atom. The third kappa shape index (κ3) is 2.85. The molecular weight excluding hydrogens is 182 g/mol. The third-order valence-electron chi connectivity index (χ3n) is 1.69. The van der Waals surface area contributed by atoms with Crippen molar-refractivity contribution in [3.8, 4) is 5.88 Å². The van der Waals surface area contributed by atoms with E-state index >= 15 is 0 Å². The number of aliphatic hydroxyl groups excluding tert-OH is 1. The molecule has 5 heteroatoms. The number of hydrogen-bond acceptors (Lipinski definition) is 5. The second kappa shape index (κ2) is 5.39. The first kappa shape index (κ1) is 10.7. The quantitative estimate of drug-likeness (QED) is 0.676. The van der Waals surface area contributed by atoms with Crippen LogP contribution in [-0.2, 0) is 0 Å². The van der Waals surface area contributed by atoms with E-state index in [-0.39, 0.29) is 6.61 Å². The number of rotatable bonds is 5. The maximum atomic E-state index is 8.59. The number of ether oxygens (including phenoxy) is 1. The van der Waals surface area contributed by atoms with Gasteiger partial charge in [0, 0.05) is 31.8 Å². The van der Waals surface area contributed by atoms with Crippen LogP contribution in [0.25, 0.3) is 0 Å². The fourth-order valence-corrected chi connectivity index (χ4v) is 0.926. The van der Waals surface area contributed by atoms with Gasteiger partial charge in [-0.15, -0.1) is 0 Å². The summed E-state index contributed by atoms with van der Waals surface area (Å²) in [5.41, 5.74) is 0.891. The molecule has 2 N–H and O–H groups in total. The van der Waals surface area contributed by atoms with Crippen LogP contribution < -0.4 is 10.1 Å². The minimum atomic E-state index is 0.128. The SMILES string of the molecule is CNc1ncc(C)c(OCCCO)n1. The highest BCUT2D eigenvalue weighted by atomic mass is 16.5. The average molecular weight is 197 g/mol. The number of aryl methyl sites for hydroxylation is 1. The lowest BCUT2D eigenvalue weighted by Crippen LogP contribution is -2.05. The zero-order chi connectivity index (χ0) is 10.4. The summed E-state index contributed by atoms with van der Waals surface area (Å²) in [7, 11) is 1.75. The van der Waals surface area contributed by atoms with Crippen LogP contribution in [0.5, 0.6) is 5.88 Å². The molecule has 0 aliphatic rings. The van der Waals surface area contributed by atoms with Gasteiger partial charge >= 0.3 is 0 Å². The van der Waals surface area contributed by atoms with Crippen molar-refractivity contribution in [2.75, 3.05) is 25.6 Å². The summed E-state index contributed by atoms with van der Waals surface area (Å²) in [4.78, 5) is 8.17. The van der Waals surface area contributed by atoms with E-state index in [4.69, 9.17) is 9.84 Å². The Morgan fingerprint density at radius 1 is 1.57 bits per heavy atom. The first-order chi connectivity index (χ1) is 6.77. The van der Waals surface area contributed by atoms with Gasteiger partial charge in [-0.3, -0.25) is 0 Å². The van der Waals surface area contributed by atoms with E-state index in [0.717, 1.165) is 5.56 Å². The molecule has 1 heterocycles. The molecule has 5 nitrogen and oxygen atoms in total. The fourth-order valence-electron chi connectivity index (χ4n) is 0.926. The van der Waals surface area contributed by atoms with Crippen LogP contribution in [-0.4, -0.2) is 35.3 Å². The zero-order valence-electron chi connectivity index (χ0n) is 8.45. The Kier molecular flexibility index (Phi) is 4.12. The van der Waals surface area contributed by atoms with Gasteiger partial charge in [0.15, 0.2) is 0 Å². The van der Waals surface area contributed by atoms with E-state index in [0.29, 0.717) is 24.9 Å². The Bertz CT molecular complexity index is 291. The van der Waals surface area contributed by atoms with E-state index in [9.17, 15) is 0 Å². The molecule has 0 bridgehead atoms. The van der Waals surface area contributed by atoms with E-state index in [1.165, 1.54) is 0 Å². The monoisotopic (exact) mass is 197 g/mol. The molecule has 0 saturated carbocycles. The second-order valence-corrected chi connectivity index (χ2v) is 2.86. The predicted octanol–water partition coefficient (Wildman–Crippen LogP) is 0.588. The molecule has 0 aromatic carbocycles. The van der Waals surface area contributed by atoms with Crippen molar-refractivity contribution in [1.82, 2.24) is 9.97 Å². The van der Waals surface area contributed by atoms with Gasteiger partial charge in [-0.05, 0) is 6.92 Å². The first-order valence-electron chi connectivity index (χ1n) is 4.53. The van der Waals surface area contributed by atoms with E-state index < -0.39 is 0 Å². The Balaban J connectivity index is 2.64. The third-order valence-corrected chi connectivity index (χ3v) is 1.69. The molecule has 0 aliphatic heterocycles. The lowest BCUT2D eigenvalue weighted by Gasteiger charge is -2.07. The summed E-state index contributed by atoms with van der Waals surface area (Å²) in [6, 6.07) is 0. The van der Waals surface area contributed by atoms with Crippen molar-refractivity contribution in [1.29, 1.82) is 0 Å². The minimum Gasteiger partial charge on any atom is -0.477 e.